The molecule has 2 aromatic carbocycles. The number of Topliss-reactive ketones (excluding diaryl/α,β-unsaturated/α-hetero) is 1. The Kier molecular flexibility index (Phi) is 6.05. The fraction of sp³-hybridized carbons (Fsp3) is 0.240. The maximum atomic E-state index is 13.2. The zero-order valence-corrected chi connectivity index (χ0v) is 19.3. The Bertz CT molecular complexity index is 1180. The number of para-hydroxylation sites is 1. The summed E-state index contributed by atoms with van der Waals surface area (Å²) in [6, 6.07) is 18.9. The number of ether oxygens (including phenoxy) is 1. The van der Waals surface area contributed by atoms with Gasteiger partial charge in [0, 0.05) is 29.1 Å². The highest BCUT2D eigenvalue weighted by Gasteiger charge is 2.43. The van der Waals surface area contributed by atoms with Crippen LogP contribution in [0.15, 0.2) is 77.4 Å². The van der Waals surface area contributed by atoms with Crippen molar-refractivity contribution in [2.24, 2.45) is 5.41 Å². The number of nitriles is 1. The number of nitrogens with one attached hydrogen (secondary N) is 2. The van der Waals surface area contributed by atoms with Gasteiger partial charge < -0.3 is 15.4 Å². The Morgan fingerprint density at radius 3 is 2.47 bits per heavy atom. The predicted molar refractivity (Wildman–Crippen MR) is 129 cm³/mol. The predicted octanol–water partition coefficient (Wildman–Crippen LogP) is 5.82. The SMILES string of the molecule is CC1(C)CC(=O)C2=C(C1)OC(NC(=S)Nc1ccccc1)=C(C#N)C2c1ccc(Cl)cc1. The topological polar surface area (TPSA) is 74.2 Å². The van der Waals surface area contributed by atoms with Crippen molar-refractivity contribution in [2.75, 3.05) is 5.32 Å². The molecule has 0 fully saturated rings. The fourth-order valence-electron chi connectivity index (χ4n) is 4.13. The van der Waals surface area contributed by atoms with Crippen molar-refractivity contribution < 1.29 is 9.53 Å². The van der Waals surface area contributed by atoms with Crippen molar-refractivity contribution in [1.82, 2.24) is 5.32 Å². The van der Waals surface area contributed by atoms with Gasteiger partial charge in [0.2, 0.25) is 5.88 Å². The van der Waals surface area contributed by atoms with Crippen molar-refractivity contribution in [3.63, 3.8) is 0 Å². The third kappa shape index (κ3) is 4.55. The Morgan fingerprint density at radius 2 is 1.81 bits per heavy atom. The molecule has 0 spiro atoms. The van der Waals surface area contributed by atoms with Crippen LogP contribution in [0, 0.1) is 16.7 Å². The van der Waals surface area contributed by atoms with Crippen LogP contribution in [0.3, 0.4) is 0 Å². The molecule has 7 heteroatoms. The molecule has 1 heterocycles. The van der Waals surface area contributed by atoms with E-state index in [2.05, 4.69) is 16.7 Å². The van der Waals surface area contributed by atoms with E-state index in [0.717, 1.165) is 11.3 Å². The third-order valence-electron chi connectivity index (χ3n) is 5.51. The zero-order valence-electron chi connectivity index (χ0n) is 17.7. The lowest BCUT2D eigenvalue weighted by molar-refractivity contribution is -0.119. The van der Waals surface area contributed by atoms with E-state index in [-0.39, 0.29) is 17.1 Å². The first-order chi connectivity index (χ1) is 15.3. The van der Waals surface area contributed by atoms with E-state index in [0.29, 0.717) is 39.9 Å². The summed E-state index contributed by atoms with van der Waals surface area (Å²) in [5.74, 6) is 0.264. The second-order valence-electron chi connectivity index (χ2n) is 8.66. The van der Waals surface area contributed by atoms with E-state index >= 15 is 0 Å². The summed E-state index contributed by atoms with van der Waals surface area (Å²) in [5.41, 5.74) is 2.21. The number of rotatable bonds is 3. The first-order valence-electron chi connectivity index (χ1n) is 10.2. The van der Waals surface area contributed by atoms with Crippen molar-refractivity contribution in [3.8, 4) is 6.07 Å². The lowest BCUT2D eigenvalue weighted by atomic mass is 9.70. The molecule has 0 saturated heterocycles. The summed E-state index contributed by atoms with van der Waals surface area (Å²) in [6.45, 7) is 4.07. The maximum Gasteiger partial charge on any atom is 0.213 e. The molecule has 162 valence electrons. The number of anilines is 1. The van der Waals surface area contributed by atoms with Crippen LogP contribution in [0.2, 0.25) is 5.02 Å². The first-order valence-corrected chi connectivity index (χ1v) is 11.0. The van der Waals surface area contributed by atoms with Gasteiger partial charge in [-0.05, 0) is 47.5 Å². The average Bonchev–Trinajstić information content (AvgIpc) is 2.73. The molecule has 5 nitrogen and oxygen atoms in total. The second-order valence-corrected chi connectivity index (χ2v) is 9.51. The number of allylic oxidation sites excluding steroid dienone is 3. The number of hydrogen-bond donors (Lipinski definition) is 2. The summed E-state index contributed by atoms with van der Waals surface area (Å²) in [5, 5.41) is 17.1. The van der Waals surface area contributed by atoms with Crippen molar-refractivity contribution >= 4 is 40.4 Å². The number of ketones is 1. The molecule has 1 atom stereocenters. The van der Waals surface area contributed by atoms with Gasteiger partial charge in [0.15, 0.2) is 10.9 Å². The van der Waals surface area contributed by atoms with E-state index in [4.69, 9.17) is 28.6 Å². The minimum atomic E-state index is -0.549. The number of carbonyl (C=O) groups excluding carboxylic acids is 1. The lowest BCUT2D eigenvalue weighted by Crippen LogP contribution is -2.37. The summed E-state index contributed by atoms with van der Waals surface area (Å²) < 4.78 is 6.13. The fourth-order valence-corrected chi connectivity index (χ4v) is 4.46. The number of thiocarbonyl (C=S) groups is 1. The number of carbonyl (C=O) groups is 1. The highest BCUT2D eigenvalue weighted by Crippen LogP contribution is 2.48. The van der Waals surface area contributed by atoms with Gasteiger partial charge in [0.1, 0.15) is 17.4 Å². The summed E-state index contributed by atoms with van der Waals surface area (Å²) in [6.07, 6.45) is 0.982. The molecule has 2 N–H and O–H groups in total. The van der Waals surface area contributed by atoms with Crippen molar-refractivity contribution in [2.45, 2.75) is 32.6 Å². The highest BCUT2D eigenvalue weighted by atomic mass is 35.5. The number of hydrogen-bond acceptors (Lipinski definition) is 4. The summed E-state index contributed by atoms with van der Waals surface area (Å²) in [7, 11) is 0. The van der Waals surface area contributed by atoms with Gasteiger partial charge in [0.05, 0.1) is 5.92 Å². The normalized spacial score (nSPS) is 19.6. The van der Waals surface area contributed by atoms with Crippen molar-refractivity contribution in [3.05, 3.63) is 88.0 Å². The van der Waals surface area contributed by atoms with E-state index in [1.54, 1.807) is 12.1 Å². The molecular formula is C25H22ClN3O2S. The molecule has 0 saturated carbocycles. The second kappa shape index (κ2) is 8.78. The molecular weight excluding hydrogens is 442 g/mol. The van der Waals surface area contributed by atoms with Gasteiger partial charge in [-0.3, -0.25) is 4.79 Å². The molecule has 2 aliphatic rings. The smallest absolute Gasteiger partial charge is 0.213 e. The summed E-state index contributed by atoms with van der Waals surface area (Å²) >= 11 is 11.5. The Labute approximate surface area is 197 Å². The standard InChI is InChI=1S/C25H22ClN3O2S/c1-25(2)12-19(30)22-20(13-25)31-23(29-24(32)28-17-6-4-3-5-7-17)18(14-27)21(22)15-8-10-16(26)11-9-15/h3-11,21H,12-13H2,1-2H3,(H2,28,29,32). The monoisotopic (exact) mass is 463 g/mol. The van der Waals surface area contributed by atoms with Gasteiger partial charge in [0.25, 0.3) is 0 Å². The molecule has 32 heavy (non-hydrogen) atoms. The molecule has 2 aromatic rings. The molecule has 0 aromatic heterocycles. The third-order valence-corrected chi connectivity index (χ3v) is 5.96. The first kappa shape index (κ1) is 22.1. The number of nitrogens with zero attached hydrogens (tertiary/aromatic N) is 1. The van der Waals surface area contributed by atoms with Crippen LogP contribution >= 0.6 is 23.8 Å². The minimum absolute atomic E-state index is 0.00649. The molecule has 4 rings (SSSR count). The Balaban J connectivity index is 1.74. The van der Waals surface area contributed by atoms with Gasteiger partial charge in [-0.25, -0.2) is 0 Å². The minimum Gasteiger partial charge on any atom is -0.444 e. The van der Waals surface area contributed by atoms with Crippen LogP contribution in [0.25, 0.3) is 0 Å². The van der Waals surface area contributed by atoms with Crippen LogP contribution in [-0.2, 0) is 9.53 Å². The van der Waals surface area contributed by atoms with Gasteiger partial charge in [-0.2, -0.15) is 5.26 Å². The number of halogens is 1. The molecule has 0 radical (unpaired) electrons. The molecule has 0 amide bonds. The lowest BCUT2D eigenvalue weighted by Gasteiger charge is -2.38. The Hall–Kier alpha value is -3.14. The van der Waals surface area contributed by atoms with Crippen LogP contribution in [0.1, 0.15) is 38.2 Å². The van der Waals surface area contributed by atoms with Crippen LogP contribution in [0.4, 0.5) is 5.69 Å². The van der Waals surface area contributed by atoms with Gasteiger partial charge in [-0.15, -0.1) is 0 Å². The molecule has 1 unspecified atom stereocenters. The largest absolute Gasteiger partial charge is 0.444 e. The van der Waals surface area contributed by atoms with E-state index in [9.17, 15) is 10.1 Å². The zero-order chi connectivity index (χ0) is 22.9. The molecule has 1 aliphatic carbocycles. The maximum absolute atomic E-state index is 13.2. The van der Waals surface area contributed by atoms with Crippen molar-refractivity contribution in [1.29, 1.82) is 5.26 Å². The van der Waals surface area contributed by atoms with Crippen LogP contribution in [0.5, 0.6) is 0 Å². The molecule has 0 bridgehead atoms. The van der Waals surface area contributed by atoms with Crippen LogP contribution in [-0.4, -0.2) is 10.9 Å². The highest BCUT2D eigenvalue weighted by molar-refractivity contribution is 7.80. The Morgan fingerprint density at radius 1 is 1.12 bits per heavy atom. The van der Waals surface area contributed by atoms with E-state index in [1.807, 2.05) is 56.3 Å². The summed E-state index contributed by atoms with van der Waals surface area (Å²) in [4.78, 5) is 13.2. The van der Waals surface area contributed by atoms with Gasteiger partial charge >= 0.3 is 0 Å². The number of benzene rings is 2. The quantitative estimate of drug-likeness (QED) is 0.559. The van der Waals surface area contributed by atoms with E-state index in [1.165, 1.54) is 0 Å². The van der Waals surface area contributed by atoms with Crippen LogP contribution < -0.4 is 10.6 Å². The average molecular weight is 464 g/mol. The van der Waals surface area contributed by atoms with E-state index < -0.39 is 5.92 Å². The molecule has 1 aliphatic heterocycles. The van der Waals surface area contributed by atoms with Gasteiger partial charge in [-0.1, -0.05) is 55.8 Å².